The number of hydrogen-bond donors (Lipinski definition) is 1. The van der Waals surface area contributed by atoms with Crippen LogP contribution in [0.5, 0.6) is 0 Å². The van der Waals surface area contributed by atoms with Crippen molar-refractivity contribution in [3.05, 3.63) is 18.3 Å². The van der Waals surface area contributed by atoms with Crippen molar-refractivity contribution in [1.29, 1.82) is 0 Å². The Labute approximate surface area is 153 Å². The van der Waals surface area contributed by atoms with Crippen LogP contribution in [0.25, 0.3) is 0 Å². The molecule has 0 aromatic carbocycles. The number of amides is 1. The van der Waals surface area contributed by atoms with E-state index in [1.54, 1.807) is 5.32 Å². The molecule has 146 valence electrons. The van der Waals surface area contributed by atoms with Gasteiger partial charge in [0.25, 0.3) is 0 Å². The van der Waals surface area contributed by atoms with Crippen molar-refractivity contribution in [1.82, 2.24) is 14.6 Å². The zero-order valence-electron chi connectivity index (χ0n) is 13.8. The van der Waals surface area contributed by atoms with Gasteiger partial charge in [0.15, 0.2) is 0 Å². The molecule has 1 aromatic rings. The van der Waals surface area contributed by atoms with Gasteiger partial charge in [0.2, 0.25) is 15.9 Å². The van der Waals surface area contributed by atoms with Crippen molar-refractivity contribution in [2.45, 2.75) is 28.3 Å². The lowest BCUT2D eigenvalue weighted by Gasteiger charge is -2.25. The highest BCUT2D eigenvalue weighted by Crippen LogP contribution is 2.24. The molecular weight excluding hydrogens is 395 g/mol. The molecule has 1 saturated heterocycles. The summed E-state index contributed by atoms with van der Waals surface area (Å²) in [4.78, 5) is 15.7. The van der Waals surface area contributed by atoms with E-state index in [2.05, 4.69) is 4.98 Å². The van der Waals surface area contributed by atoms with Gasteiger partial charge < -0.3 is 10.1 Å². The van der Waals surface area contributed by atoms with Crippen LogP contribution >= 0.6 is 11.8 Å². The smallest absolute Gasteiger partial charge is 0.379 e. The number of thioether (sulfide) groups is 1. The number of hydrogen-bond acceptors (Lipinski definition) is 6. The van der Waals surface area contributed by atoms with Crippen molar-refractivity contribution in [2.24, 2.45) is 0 Å². The average Bonchev–Trinajstić information content (AvgIpc) is 2.60. The van der Waals surface area contributed by atoms with Gasteiger partial charge >= 0.3 is 6.18 Å². The fourth-order valence-electron chi connectivity index (χ4n) is 2.09. The van der Waals surface area contributed by atoms with Crippen molar-refractivity contribution >= 4 is 27.7 Å². The molecule has 1 aliphatic heterocycles. The second-order valence-corrected chi connectivity index (χ2v) is 8.74. The summed E-state index contributed by atoms with van der Waals surface area (Å²) in [6.45, 7) is 1.21. The van der Waals surface area contributed by atoms with Crippen molar-refractivity contribution in [2.75, 3.05) is 32.8 Å². The number of nitrogens with zero attached hydrogens (tertiary/aromatic N) is 2. The third kappa shape index (κ3) is 5.83. The fourth-order valence-corrected chi connectivity index (χ4v) is 4.26. The van der Waals surface area contributed by atoms with Crippen molar-refractivity contribution in [3.63, 3.8) is 0 Å². The molecule has 1 fully saturated rings. The Morgan fingerprint density at radius 3 is 2.58 bits per heavy atom. The quantitative estimate of drug-likeness (QED) is 0.707. The number of carbonyl (C=O) groups excluding carboxylic acids is 1. The number of pyridine rings is 1. The van der Waals surface area contributed by atoms with E-state index in [0.29, 0.717) is 18.2 Å². The number of carbonyl (C=O) groups is 1. The van der Waals surface area contributed by atoms with Crippen LogP contribution in [0.2, 0.25) is 0 Å². The largest absolute Gasteiger partial charge is 0.405 e. The number of alkyl halides is 3. The number of nitrogens with one attached hydrogen (secondary N) is 1. The molecule has 1 amide bonds. The zero-order valence-corrected chi connectivity index (χ0v) is 15.5. The Hall–Kier alpha value is -1.37. The number of aromatic nitrogens is 1. The molecule has 1 N–H and O–H groups in total. The van der Waals surface area contributed by atoms with Crippen molar-refractivity contribution < 1.29 is 31.1 Å². The van der Waals surface area contributed by atoms with Crippen LogP contribution in [0.4, 0.5) is 13.2 Å². The van der Waals surface area contributed by atoms with E-state index in [-0.39, 0.29) is 18.0 Å². The first kappa shape index (κ1) is 20.9. The van der Waals surface area contributed by atoms with Crippen LogP contribution in [0.15, 0.2) is 28.3 Å². The molecule has 7 nitrogen and oxygen atoms in total. The maximum Gasteiger partial charge on any atom is 0.405 e. The van der Waals surface area contributed by atoms with E-state index in [0.717, 1.165) is 11.8 Å². The van der Waals surface area contributed by atoms with Crippen LogP contribution in [-0.2, 0) is 19.6 Å². The molecule has 2 rings (SSSR count). The summed E-state index contributed by atoms with van der Waals surface area (Å²) in [7, 11) is -3.67. The van der Waals surface area contributed by atoms with Gasteiger partial charge in [-0.1, -0.05) is 11.8 Å². The maximum absolute atomic E-state index is 12.5. The van der Waals surface area contributed by atoms with Gasteiger partial charge in [0, 0.05) is 19.3 Å². The van der Waals surface area contributed by atoms with Gasteiger partial charge in [-0.2, -0.15) is 17.5 Å². The first-order valence-electron chi connectivity index (χ1n) is 7.65. The summed E-state index contributed by atoms with van der Waals surface area (Å²) in [5, 5.41) is 1.31. The minimum atomic E-state index is -4.48. The molecule has 1 aliphatic rings. The second-order valence-electron chi connectivity index (χ2n) is 5.44. The first-order chi connectivity index (χ1) is 12.1. The topological polar surface area (TPSA) is 88.6 Å². The SMILES string of the molecule is CC(Sc1ccc(S(=O)(=O)N2CCOCC2)cn1)C(=O)NCC(F)(F)F. The summed E-state index contributed by atoms with van der Waals surface area (Å²) in [5.74, 6) is -0.779. The predicted molar refractivity (Wildman–Crippen MR) is 88.2 cm³/mol. The number of rotatable bonds is 6. The molecule has 0 bridgehead atoms. The lowest BCUT2D eigenvalue weighted by molar-refractivity contribution is -0.137. The minimum Gasteiger partial charge on any atom is -0.379 e. The van der Waals surface area contributed by atoms with Gasteiger partial charge in [-0.3, -0.25) is 4.79 Å². The number of halogens is 3. The van der Waals surface area contributed by atoms with Gasteiger partial charge in [0.1, 0.15) is 11.4 Å². The highest BCUT2D eigenvalue weighted by Gasteiger charge is 2.29. The van der Waals surface area contributed by atoms with Gasteiger partial charge in [-0.25, -0.2) is 13.4 Å². The Kier molecular flexibility index (Phi) is 6.88. The molecule has 1 unspecified atom stereocenters. The maximum atomic E-state index is 12.5. The fraction of sp³-hybridized carbons (Fsp3) is 0.571. The van der Waals surface area contributed by atoms with Crippen LogP contribution in [0.3, 0.4) is 0 Å². The zero-order chi connectivity index (χ0) is 19.4. The monoisotopic (exact) mass is 413 g/mol. The number of sulfonamides is 1. The lowest BCUT2D eigenvalue weighted by atomic mass is 10.4. The second kappa shape index (κ2) is 8.55. The molecule has 12 heteroatoms. The lowest BCUT2D eigenvalue weighted by Crippen LogP contribution is -2.40. The highest BCUT2D eigenvalue weighted by molar-refractivity contribution is 8.00. The van der Waals surface area contributed by atoms with Gasteiger partial charge in [-0.15, -0.1) is 0 Å². The normalized spacial score (nSPS) is 17.7. The summed E-state index contributed by atoms with van der Waals surface area (Å²) in [5.41, 5.74) is 0. The van der Waals surface area contributed by atoms with Crippen LogP contribution in [0, 0.1) is 0 Å². The molecule has 0 aliphatic carbocycles. The predicted octanol–water partition coefficient (Wildman–Crippen LogP) is 1.26. The summed E-state index contributed by atoms with van der Waals surface area (Å²) >= 11 is 0.938. The molecule has 1 aromatic heterocycles. The van der Waals surface area contributed by atoms with Gasteiger partial charge in [-0.05, 0) is 19.1 Å². The standard InChI is InChI=1S/C14H18F3N3O4S2/c1-10(13(21)19-9-14(15,16)17)25-12-3-2-11(8-18-12)26(22,23)20-4-6-24-7-5-20/h2-3,8,10H,4-7,9H2,1H3,(H,19,21). The molecule has 0 saturated carbocycles. The van der Waals surface area contributed by atoms with E-state index >= 15 is 0 Å². The van der Waals surface area contributed by atoms with Crippen LogP contribution in [-0.4, -0.2) is 67.9 Å². The van der Waals surface area contributed by atoms with E-state index in [1.165, 1.54) is 29.6 Å². The van der Waals surface area contributed by atoms with Gasteiger partial charge in [0.05, 0.1) is 23.5 Å². The van der Waals surface area contributed by atoms with Crippen molar-refractivity contribution in [3.8, 4) is 0 Å². The van der Waals surface area contributed by atoms with E-state index in [9.17, 15) is 26.4 Å². The Morgan fingerprint density at radius 1 is 1.38 bits per heavy atom. The first-order valence-corrected chi connectivity index (χ1v) is 9.96. The molecule has 0 spiro atoms. The Balaban J connectivity index is 1.97. The molecule has 1 atom stereocenters. The minimum absolute atomic E-state index is 0.0120. The summed E-state index contributed by atoms with van der Waals surface area (Å²) in [6.07, 6.45) is -3.30. The highest BCUT2D eigenvalue weighted by atomic mass is 32.2. The summed E-state index contributed by atoms with van der Waals surface area (Å²) in [6, 6.07) is 2.78. The van der Waals surface area contributed by atoms with E-state index in [4.69, 9.17) is 4.74 Å². The molecular formula is C14H18F3N3O4S2. The van der Waals surface area contributed by atoms with E-state index in [1.807, 2.05) is 0 Å². The molecule has 2 heterocycles. The third-order valence-corrected chi connectivity index (χ3v) is 6.38. The van der Waals surface area contributed by atoms with E-state index < -0.39 is 33.9 Å². The van der Waals surface area contributed by atoms with Crippen LogP contribution in [0.1, 0.15) is 6.92 Å². The Morgan fingerprint density at radius 2 is 2.04 bits per heavy atom. The molecule has 0 radical (unpaired) electrons. The third-order valence-electron chi connectivity index (χ3n) is 3.45. The number of morpholine rings is 1. The van der Waals surface area contributed by atoms with Crippen LogP contribution < -0.4 is 5.32 Å². The average molecular weight is 413 g/mol. The Bertz CT molecular complexity index is 720. The summed E-state index contributed by atoms with van der Waals surface area (Å²) < 4.78 is 67.7. The number of ether oxygens (including phenoxy) is 1. The molecule has 26 heavy (non-hydrogen) atoms.